The number of hydrogen-bond acceptors (Lipinski definition) is 7. The van der Waals surface area contributed by atoms with Gasteiger partial charge in [-0.15, -0.1) is 0 Å². The number of fused-ring (bicyclic) bond motifs is 1. The first-order valence-electron chi connectivity index (χ1n) is 10.6. The third kappa shape index (κ3) is 4.78. The minimum atomic E-state index is -2.92. The minimum absolute atomic E-state index is 0.166. The van der Waals surface area contributed by atoms with Crippen LogP contribution in [0, 0.1) is 5.82 Å². The molecule has 1 saturated heterocycles. The lowest BCUT2D eigenvalue weighted by molar-refractivity contribution is 0.586. The van der Waals surface area contributed by atoms with E-state index in [9.17, 15) is 12.8 Å². The van der Waals surface area contributed by atoms with E-state index >= 15 is 0 Å². The SMILES string of the molecule is O=S1(=O)CCN(c2ccc(CNc3nccc4cc(-c5cccc(F)c5)ncc34)cn2)CC1. The Kier molecular flexibility index (Phi) is 5.63. The number of hydrogen-bond donors (Lipinski definition) is 1. The van der Waals surface area contributed by atoms with Crippen LogP contribution in [0.1, 0.15) is 5.56 Å². The van der Waals surface area contributed by atoms with Gasteiger partial charge in [0, 0.05) is 49.2 Å². The Hall–Kier alpha value is -3.59. The molecule has 0 bridgehead atoms. The fraction of sp³-hybridized carbons (Fsp3) is 0.208. The molecule has 3 aromatic heterocycles. The topological polar surface area (TPSA) is 88.1 Å². The van der Waals surface area contributed by atoms with Gasteiger partial charge in [-0.25, -0.2) is 22.8 Å². The molecule has 0 aliphatic carbocycles. The highest BCUT2D eigenvalue weighted by Crippen LogP contribution is 2.26. The highest BCUT2D eigenvalue weighted by molar-refractivity contribution is 7.91. The largest absolute Gasteiger partial charge is 0.365 e. The molecule has 9 heteroatoms. The van der Waals surface area contributed by atoms with Crippen molar-refractivity contribution < 1.29 is 12.8 Å². The Balaban J connectivity index is 1.29. The molecule has 4 aromatic rings. The molecular weight excluding hydrogens is 441 g/mol. The first-order valence-corrected chi connectivity index (χ1v) is 12.4. The van der Waals surface area contributed by atoms with E-state index in [4.69, 9.17) is 0 Å². The lowest BCUT2D eigenvalue weighted by Gasteiger charge is -2.27. The van der Waals surface area contributed by atoms with E-state index in [1.54, 1.807) is 24.7 Å². The zero-order valence-corrected chi connectivity index (χ0v) is 18.6. The molecule has 0 amide bonds. The van der Waals surface area contributed by atoms with Crippen molar-refractivity contribution in [2.45, 2.75) is 6.54 Å². The second kappa shape index (κ2) is 8.74. The van der Waals surface area contributed by atoms with Crippen molar-refractivity contribution in [2.24, 2.45) is 0 Å². The molecule has 1 aromatic carbocycles. The minimum Gasteiger partial charge on any atom is -0.365 e. The van der Waals surface area contributed by atoms with Crippen molar-refractivity contribution in [1.82, 2.24) is 15.0 Å². The molecule has 1 aliphatic rings. The van der Waals surface area contributed by atoms with Crippen LogP contribution in [0.2, 0.25) is 0 Å². The molecule has 0 spiro atoms. The summed E-state index contributed by atoms with van der Waals surface area (Å²) in [6.07, 6.45) is 5.26. The fourth-order valence-electron chi connectivity index (χ4n) is 3.85. The van der Waals surface area contributed by atoms with Crippen LogP contribution in [0.5, 0.6) is 0 Å². The lowest BCUT2D eigenvalue weighted by atomic mass is 10.1. The Bertz CT molecular complexity index is 1400. The van der Waals surface area contributed by atoms with Crippen LogP contribution in [-0.2, 0) is 16.4 Å². The van der Waals surface area contributed by atoms with Crippen LogP contribution in [0.3, 0.4) is 0 Å². The summed E-state index contributed by atoms with van der Waals surface area (Å²) < 4.78 is 36.8. The smallest absolute Gasteiger partial charge is 0.153 e. The summed E-state index contributed by atoms with van der Waals surface area (Å²) in [5.74, 6) is 1.53. The highest BCUT2D eigenvalue weighted by Gasteiger charge is 2.22. The summed E-state index contributed by atoms with van der Waals surface area (Å²) in [6.45, 7) is 1.47. The van der Waals surface area contributed by atoms with Gasteiger partial charge in [0.15, 0.2) is 9.84 Å². The average molecular weight is 464 g/mol. The monoisotopic (exact) mass is 463 g/mol. The van der Waals surface area contributed by atoms with E-state index in [1.165, 1.54) is 12.1 Å². The summed E-state index contributed by atoms with van der Waals surface area (Å²) in [4.78, 5) is 15.4. The number of halogens is 1. The first kappa shape index (κ1) is 21.3. The zero-order valence-electron chi connectivity index (χ0n) is 17.8. The van der Waals surface area contributed by atoms with Crippen LogP contribution in [-0.4, -0.2) is 48.0 Å². The van der Waals surface area contributed by atoms with Crippen molar-refractivity contribution in [2.75, 3.05) is 34.8 Å². The van der Waals surface area contributed by atoms with Crippen LogP contribution in [0.15, 0.2) is 67.1 Å². The normalized spacial score (nSPS) is 15.5. The van der Waals surface area contributed by atoms with Gasteiger partial charge in [0.05, 0.1) is 17.2 Å². The maximum Gasteiger partial charge on any atom is 0.153 e. The van der Waals surface area contributed by atoms with E-state index in [2.05, 4.69) is 20.3 Å². The van der Waals surface area contributed by atoms with E-state index < -0.39 is 9.84 Å². The number of anilines is 2. The summed E-state index contributed by atoms with van der Waals surface area (Å²) in [5.41, 5.74) is 2.40. The second-order valence-electron chi connectivity index (χ2n) is 7.98. The third-order valence-corrected chi connectivity index (χ3v) is 7.32. The number of nitrogens with zero attached hydrogens (tertiary/aromatic N) is 4. The highest BCUT2D eigenvalue weighted by atomic mass is 32.2. The van der Waals surface area contributed by atoms with Crippen molar-refractivity contribution in [1.29, 1.82) is 0 Å². The molecule has 33 heavy (non-hydrogen) atoms. The van der Waals surface area contributed by atoms with Crippen molar-refractivity contribution in [3.63, 3.8) is 0 Å². The van der Waals surface area contributed by atoms with Crippen LogP contribution in [0.4, 0.5) is 16.0 Å². The fourth-order valence-corrected chi connectivity index (χ4v) is 5.05. The zero-order chi connectivity index (χ0) is 22.8. The molecule has 0 unspecified atom stereocenters. The quantitative estimate of drug-likeness (QED) is 0.483. The maximum atomic E-state index is 13.6. The van der Waals surface area contributed by atoms with Gasteiger partial charge in [0.2, 0.25) is 0 Å². The molecular formula is C24H22FN5O2S. The lowest BCUT2D eigenvalue weighted by Crippen LogP contribution is -2.40. The maximum absolute atomic E-state index is 13.6. The number of sulfone groups is 1. The summed E-state index contributed by atoms with van der Waals surface area (Å²) in [6, 6.07) is 14.1. The molecule has 1 fully saturated rings. The van der Waals surface area contributed by atoms with Crippen molar-refractivity contribution in [3.8, 4) is 11.3 Å². The molecule has 5 rings (SSSR count). The van der Waals surface area contributed by atoms with Crippen LogP contribution in [0.25, 0.3) is 22.0 Å². The van der Waals surface area contributed by atoms with Gasteiger partial charge in [0.25, 0.3) is 0 Å². The van der Waals surface area contributed by atoms with E-state index in [0.29, 0.717) is 31.1 Å². The Labute approximate surface area is 191 Å². The number of aromatic nitrogens is 3. The van der Waals surface area contributed by atoms with Gasteiger partial charge < -0.3 is 10.2 Å². The molecule has 1 aliphatic heterocycles. The third-order valence-electron chi connectivity index (χ3n) is 5.71. The first-order chi connectivity index (χ1) is 16.0. The molecule has 1 N–H and O–H groups in total. The molecule has 0 atom stereocenters. The Morgan fingerprint density at radius 1 is 0.970 bits per heavy atom. The van der Waals surface area contributed by atoms with Gasteiger partial charge in [-0.2, -0.15) is 0 Å². The van der Waals surface area contributed by atoms with Gasteiger partial charge in [-0.05, 0) is 41.3 Å². The number of benzene rings is 1. The van der Waals surface area contributed by atoms with Crippen LogP contribution >= 0.6 is 0 Å². The predicted octanol–water partition coefficient (Wildman–Crippen LogP) is 3.68. The number of pyridine rings is 3. The van der Waals surface area contributed by atoms with E-state index in [0.717, 1.165) is 27.7 Å². The number of nitrogens with one attached hydrogen (secondary N) is 1. The van der Waals surface area contributed by atoms with Gasteiger partial charge in [-0.1, -0.05) is 18.2 Å². The second-order valence-corrected chi connectivity index (χ2v) is 10.3. The Morgan fingerprint density at radius 2 is 1.82 bits per heavy atom. The van der Waals surface area contributed by atoms with Gasteiger partial charge in [-0.3, -0.25) is 4.98 Å². The predicted molar refractivity (Wildman–Crippen MR) is 127 cm³/mol. The molecule has 4 heterocycles. The number of rotatable bonds is 5. The summed E-state index contributed by atoms with van der Waals surface area (Å²) >= 11 is 0. The summed E-state index contributed by atoms with van der Waals surface area (Å²) in [5, 5.41) is 5.16. The van der Waals surface area contributed by atoms with E-state index in [1.807, 2.05) is 35.2 Å². The van der Waals surface area contributed by atoms with Crippen molar-refractivity contribution in [3.05, 3.63) is 78.5 Å². The van der Waals surface area contributed by atoms with Gasteiger partial charge >= 0.3 is 0 Å². The molecule has 0 radical (unpaired) electrons. The van der Waals surface area contributed by atoms with Gasteiger partial charge in [0.1, 0.15) is 17.5 Å². The average Bonchev–Trinajstić information content (AvgIpc) is 2.83. The Morgan fingerprint density at radius 3 is 2.58 bits per heavy atom. The molecule has 7 nitrogen and oxygen atoms in total. The van der Waals surface area contributed by atoms with Crippen LogP contribution < -0.4 is 10.2 Å². The molecule has 168 valence electrons. The molecule has 0 saturated carbocycles. The van der Waals surface area contributed by atoms with Crippen molar-refractivity contribution >= 4 is 32.2 Å². The van der Waals surface area contributed by atoms with E-state index in [-0.39, 0.29) is 17.3 Å². The summed E-state index contributed by atoms with van der Waals surface area (Å²) in [7, 11) is -2.92. The standard InChI is InChI=1S/C24H22FN5O2S/c25-20-3-1-2-19(12-20)22-13-18-6-7-26-24(21(18)16-27-22)29-15-17-4-5-23(28-14-17)30-8-10-33(31,32)11-9-30/h1-7,12-14,16H,8-11,15H2,(H,26,29).